The Hall–Kier alpha value is -2.86. The lowest BCUT2D eigenvalue weighted by molar-refractivity contribution is 0.0600. The molecule has 0 radical (unpaired) electrons. The number of amides is 1. The number of carbonyl (C=O) groups excluding carboxylic acids is 2. The molecule has 2 aromatic carbocycles. The number of esters is 1. The third-order valence-electron chi connectivity index (χ3n) is 3.79. The number of benzene rings is 2. The summed E-state index contributed by atoms with van der Waals surface area (Å²) in [6.07, 6.45) is 0.922. The van der Waals surface area contributed by atoms with Crippen molar-refractivity contribution in [2.75, 3.05) is 25.6 Å². The fraction of sp³-hybridized carbons (Fsp3) is 0.333. The van der Waals surface area contributed by atoms with E-state index in [1.165, 1.54) is 7.11 Å². The van der Waals surface area contributed by atoms with Crippen LogP contribution in [-0.2, 0) is 16.1 Å². The highest BCUT2D eigenvalue weighted by molar-refractivity contribution is 6.04. The van der Waals surface area contributed by atoms with Crippen LogP contribution in [-0.4, -0.2) is 32.2 Å². The van der Waals surface area contributed by atoms with Crippen molar-refractivity contribution in [2.24, 2.45) is 0 Å². The molecule has 2 rings (SSSR count). The Labute approximate surface area is 159 Å². The summed E-state index contributed by atoms with van der Waals surface area (Å²) in [5, 5.41) is 2.82. The van der Waals surface area contributed by atoms with Gasteiger partial charge in [-0.25, -0.2) is 4.79 Å². The molecule has 2 aromatic rings. The first kappa shape index (κ1) is 20.5. The van der Waals surface area contributed by atoms with E-state index in [0.717, 1.165) is 12.0 Å². The molecule has 0 aliphatic carbocycles. The Bertz CT molecular complexity index is 771. The van der Waals surface area contributed by atoms with Crippen LogP contribution in [0.3, 0.4) is 0 Å². The summed E-state index contributed by atoms with van der Waals surface area (Å²) in [6.45, 7) is 5.53. The van der Waals surface area contributed by atoms with E-state index >= 15 is 0 Å². The molecule has 0 saturated heterocycles. The molecular weight excluding hydrogens is 346 g/mol. The number of ether oxygens (including phenoxy) is 3. The van der Waals surface area contributed by atoms with Crippen LogP contribution in [0.2, 0.25) is 0 Å². The normalized spacial score (nSPS) is 10.3. The van der Waals surface area contributed by atoms with Gasteiger partial charge in [-0.3, -0.25) is 4.79 Å². The van der Waals surface area contributed by atoms with Gasteiger partial charge in [0.05, 0.1) is 25.9 Å². The monoisotopic (exact) mass is 371 g/mol. The van der Waals surface area contributed by atoms with Crippen LogP contribution in [0.15, 0.2) is 42.5 Å². The van der Waals surface area contributed by atoms with Gasteiger partial charge in [-0.1, -0.05) is 6.92 Å². The van der Waals surface area contributed by atoms with Crippen molar-refractivity contribution in [1.82, 2.24) is 0 Å². The molecule has 1 N–H and O–H groups in total. The standard InChI is InChI=1S/C21H25NO5/c1-4-12-26-14-17-13-16(8-11-19(17)27-5-2)20(23)22-18-9-6-15(7-10-18)21(24)25-3/h6-11,13H,4-5,12,14H2,1-3H3,(H,22,23). The third kappa shape index (κ3) is 5.82. The van der Waals surface area contributed by atoms with Gasteiger partial charge in [0.1, 0.15) is 5.75 Å². The SMILES string of the molecule is CCCOCc1cc(C(=O)Nc2ccc(C(=O)OC)cc2)ccc1OCC. The minimum absolute atomic E-state index is 0.249. The fourth-order valence-corrected chi connectivity index (χ4v) is 2.47. The van der Waals surface area contributed by atoms with Crippen LogP contribution in [0, 0.1) is 0 Å². The number of hydrogen-bond donors (Lipinski definition) is 1. The van der Waals surface area contributed by atoms with Gasteiger partial charge < -0.3 is 19.5 Å². The molecule has 6 heteroatoms. The molecule has 0 unspecified atom stereocenters. The number of methoxy groups -OCH3 is 1. The molecular formula is C21H25NO5. The van der Waals surface area contributed by atoms with Gasteiger partial charge in [-0.15, -0.1) is 0 Å². The second kappa shape index (κ2) is 10.3. The second-order valence-electron chi connectivity index (χ2n) is 5.83. The molecule has 0 heterocycles. The minimum Gasteiger partial charge on any atom is -0.494 e. The summed E-state index contributed by atoms with van der Waals surface area (Å²) in [6, 6.07) is 11.8. The zero-order chi connectivity index (χ0) is 19.6. The molecule has 0 aliphatic rings. The van der Waals surface area contributed by atoms with E-state index in [1.807, 2.05) is 13.8 Å². The lowest BCUT2D eigenvalue weighted by Crippen LogP contribution is -2.13. The van der Waals surface area contributed by atoms with Gasteiger partial charge in [0.15, 0.2) is 0 Å². The average Bonchev–Trinajstić information content (AvgIpc) is 2.69. The molecule has 0 aromatic heterocycles. The van der Waals surface area contributed by atoms with Crippen molar-refractivity contribution >= 4 is 17.6 Å². The van der Waals surface area contributed by atoms with E-state index in [9.17, 15) is 9.59 Å². The first-order chi connectivity index (χ1) is 13.1. The molecule has 0 fully saturated rings. The maximum Gasteiger partial charge on any atom is 0.337 e. The minimum atomic E-state index is -0.420. The first-order valence-electron chi connectivity index (χ1n) is 8.92. The number of rotatable bonds is 9. The highest BCUT2D eigenvalue weighted by Crippen LogP contribution is 2.22. The molecule has 0 bridgehead atoms. The summed E-state index contributed by atoms with van der Waals surface area (Å²) in [4.78, 5) is 24.0. The van der Waals surface area contributed by atoms with Crippen LogP contribution in [0.5, 0.6) is 5.75 Å². The van der Waals surface area contributed by atoms with Crippen molar-refractivity contribution in [2.45, 2.75) is 26.9 Å². The zero-order valence-electron chi connectivity index (χ0n) is 15.9. The van der Waals surface area contributed by atoms with Crippen LogP contribution in [0.25, 0.3) is 0 Å². The van der Waals surface area contributed by atoms with Crippen molar-refractivity contribution in [3.63, 3.8) is 0 Å². The molecule has 0 atom stereocenters. The van der Waals surface area contributed by atoms with E-state index in [2.05, 4.69) is 10.1 Å². The van der Waals surface area contributed by atoms with Crippen molar-refractivity contribution < 1.29 is 23.8 Å². The molecule has 27 heavy (non-hydrogen) atoms. The highest BCUT2D eigenvalue weighted by atomic mass is 16.5. The number of carbonyl (C=O) groups is 2. The van der Waals surface area contributed by atoms with Gasteiger partial charge in [0.25, 0.3) is 5.91 Å². The van der Waals surface area contributed by atoms with Gasteiger partial charge >= 0.3 is 5.97 Å². The second-order valence-corrected chi connectivity index (χ2v) is 5.83. The van der Waals surface area contributed by atoms with E-state index in [4.69, 9.17) is 9.47 Å². The van der Waals surface area contributed by atoms with Crippen LogP contribution in [0.1, 0.15) is 46.5 Å². The molecule has 0 saturated carbocycles. The van der Waals surface area contributed by atoms with Gasteiger partial charge in [0, 0.05) is 23.4 Å². The predicted molar refractivity (Wildman–Crippen MR) is 103 cm³/mol. The largest absolute Gasteiger partial charge is 0.494 e. The number of anilines is 1. The summed E-state index contributed by atoms with van der Waals surface area (Å²) in [5.74, 6) is 0.0457. The highest BCUT2D eigenvalue weighted by Gasteiger charge is 2.12. The van der Waals surface area contributed by atoms with Gasteiger partial charge in [-0.05, 0) is 55.8 Å². The zero-order valence-corrected chi connectivity index (χ0v) is 15.9. The van der Waals surface area contributed by atoms with Crippen LogP contribution >= 0.6 is 0 Å². The Morgan fingerprint density at radius 3 is 2.33 bits per heavy atom. The summed E-state index contributed by atoms with van der Waals surface area (Å²) >= 11 is 0. The fourth-order valence-electron chi connectivity index (χ4n) is 2.47. The summed E-state index contributed by atoms with van der Waals surface area (Å²) < 4.78 is 15.9. The lowest BCUT2D eigenvalue weighted by Gasteiger charge is -2.13. The Balaban J connectivity index is 2.12. The van der Waals surface area contributed by atoms with E-state index in [-0.39, 0.29) is 5.91 Å². The molecule has 0 spiro atoms. The quantitative estimate of drug-likeness (QED) is 0.532. The molecule has 144 valence electrons. The maximum atomic E-state index is 12.6. The van der Waals surface area contributed by atoms with E-state index in [0.29, 0.717) is 42.4 Å². The number of hydrogen-bond acceptors (Lipinski definition) is 5. The first-order valence-corrected chi connectivity index (χ1v) is 8.92. The lowest BCUT2D eigenvalue weighted by atomic mass is 10.1. The number of nitrogens with one attached hydrogen (secondary N) is 1. The predicted octanol–water partition coefficient (Wildman–Crippen LogP) is 4.05. The van der Waals surface area contributed by atoms with Crippen LogP contribution < -0.4 is 10.1 Å². The Morgan fingerprint density at radius 2 is 1.70 bits per heavy atom. The summed E-state index contributed by atoms with van der Waals surface area (Å²) in [7, 11) is 1.33. The van der Waals surface area contributed by atoms with Gasteiger partial charge in [-0.2, -0.15) is 0 Å². The van der Waals surface area contributed by atoms with E-state index < -0.39 is 5.97 Å². The van der Waals surface area contributed by atoms with Crippen molar-refractivity contribution in [3.05, 3.63) is 59.2 Å². The van der Waals surface area contributed by atoms with E-state index in [1.54, 1.807) is 42.5 Å². The average molecular weight is 371 g/mol. The van der Waals surface area contributed by atoms with Crippen molar-refractivity contribution in [1.29, 1.82) is 0 Å². The molecule has 1 amide bonds. The third-order valence-corrected chi connectivity index (χ3v) is 3.79. The maximum absolute atomic E-state index is 12.6. The Kier molecular flexibility index (Phi) is 7.82. The van der Waals surface area contributed by atoms with Crippen LogP contribution in [0.4, 0.5) is 5.69 Å². The summed E-state index contributed by atoms with van der Waals surface area (Å²) in [5.41, 5.74) is 2.35. The molecule has 6 nitrogen and oxygen atoms in total. The van der Waals surface area contributed by atoms with Gasteiger partial charge in [0.2, 0.25) is 0 Å². The van der Waals surface area contributed by atoms with Crippen molar-refractivity contribution in [3.8, 4) is 5.75 Å². The Morgan fingerprint density at radius 1 is 1.00 bits per heavy atom. The molecule has 0 aliphatic heterocycles. The smallest absolute Gasteiger partial charge is 0.337 e. The topological polar surface area (TPSA) is 73.9 Å².